The van der Waals surface area contributed by atoms with Crippen molar-refractivity contribution in [3.8, 4) is 22.3 Å². The molecule has 2 aliphatic carbocycles. The van der Waals surface area contributed by atoms with Crippen LogP contribution in [0, 0.1) is 0 Å². The van der Waals surface area contributed by atoms with E-state index in [-0.39, 0.29) is 16.2 Å². The minimum atomic E-state index is -0.0330. The van der Waals surface area contributed by atoms with Crippen LogP contribution in [-0.2, 0) is 16.2 Å². The highest BCUT2D eigenvalue weighted by Crippen LogP contribution is 2.63. The molecule has 276 valence electrons. The van der Waals surface area contributed by atoms with Gasteiger partial charge in [0.15, 0.2) is 0 Å². The maximum absolute atomic E-state index is 6.27. The molecule has 0 N–H and O–H groups in total. The molecule has 0 amide bonds. The van der Waals surface area contributed by atoms with Gasteiger partial charge in [0.05, 0.1) is 0 Å². The largest absolute Gasteiger partial charge is 0.456 e. The predicted molar refractivity (Wildman–Crippen MR) is 239 cm³/mol. The first kappa shape index (κ1) is 33.9. The van der Waals surface area contributed by atoms with Crippen LogP contribution in [0.2, 0.25) is 0 Å². The number of para-hydroxylation sites is 1. The topological polar surface area (TPSA) is 16.4 Å². The molecule has 2 aliphatic rings. The van der Waals surface area contributed by atoms with Crippen molar-refractivity contribution < 1.29 is 4.42 Å². The summed E-state index contributed by atoms with van der Waals surface area (Å²) in [6.45, 7) is 9.77. The van der Waals surface area contributed by atoms with Crippen molar-refractivity contribution >= 4 is 49.8 Å². The average molecular weight is 736 g/mol. The van der Waals surface area contributed by atoms with E-state index in [1.165, 1.54) is 61.0 Å². The van der Waals surface area contributed by atoms with Crippen molar-refractivity contribution in [3.63, 3.8) is 0 Å². The lowest BCUT2D eigenvalue weighted by molar-refractivity contribution is 0.349. The quantitative estimate of drug-likeness (QED) is 0.175. The van der Waals surface area contributed by atoms with Crippen molar-refractivity contribution in [2.75, 3.05) is 4.90 Å². The minimum absolute atomic E-state index is 0.0330. The number of fused-ring (bicyclic) bond motifs is 8. The molecule has 1 atom stereocenters. The Balaban J connectivity index is 1.07. The summed E-state index contributed by atoms with van der Waals surface area (Å²) in [5, 5.41) is 4.83. The third-order valence-corrected chi connectivity index (χ3v) is 13.2. The Morgan fingerprint density at radius 3 is 1.68 bits per heavy atom. The van der Waals surface area contributed by atoms with Crippen molar-refractivity contribution in [1.82, 2.24) is 0 Å². The molecular formula is C55H45NO. The second-order valence-electron chi connectivity index (χ2n) is 17.7. The van der Waals surface area contributed by atoms with Crippen molar-refractivity contribution in [3.05, 3.63) is 198 Å². The highest BCUT2D eigenvalue weighted by Gasteiger charge is 2.56. The molecule has 11 rings (SSSR count). The zero-order chi connectivity index (χ0) is 38.5. The van der Waals surface area contributed by atoms with E-state index in [9.17, 15) is 0 Å². The van der Waals surface area contributed by atoms with E-state index in [1.54, 1.807) is 0 Å². The highest BCUT2D eigenvalue weighted by atomic mass is 16.3. The van der Waals surface area contributed by atoms with Crippen LogP contribution in [0.25, 0.3) is 55.0 Å². The molecule has 0 saturated carbocycles. The van der Waals surface area contributed by atoms with Crippen LogP contribution >= 0.6 is 0 Å². The van der Waals surface area contributed by atoms with Gasteiger partial charge in [0.25, 0.3) is 0 Å². The van der Waals surface area contributed by atoms with E-state index in [0.717, 1.165) is 46.2 Å². The molecule has 0 saturated heterocycles. The molecule has 1 aromatic heterocycles. The Labute approximate surface area is 335 Å². The van der Waals surface area contributed by atoms with Crippen LogP contribution in [0.5, 0.6) is 0 Å². The summed E-state index contributed by atoms with van der Waals surface area (Å²) >= 11 is 0. The van der Waals surface area contributed by atoms with Gasteiger partial charge in [0.1, 0.15) is 11.2 Å². The smallest absolute Gasteiger partial charge is 0.136 e. The van der Waals surface area contributed by atoms with E-state index in [4.69, 9.17) is 4.42 Å². The molecule has 8 aromatic carbocycles. The molecule has 0 bridgehead atoms. The number of nitrogens with zero attached hydrogens (tertiary/aromatic N) is 1. The maximum Gasteiger partial charge on any atom is 0.136 e. The van der Waals surface area contributed by atoms with Gasteiger partial charge in [0, 0.05) is 33.2 Å². The van der Waals surface area contributed by atoms with E-state index >= 15 is 0 Å². The summed E-state index contributed by atoms with van der Waals surface area (Å²) in [5.41, 5.74) is 16.2. The van der Waals surface area contributed by atoms with Crippen LogP contribution < -0.4 is 4.90 Å². The zero-order valence-electron chi connectivity index (χ0n) is 33.0. The molecule has 2 heteroatoms. The minimum Gasteiger partial charge on any atom is -0.456 e. The van der Waals surface area contributed by atoms with Gasteiger partial charge >= 0.3 is 0 Å². The molecule has 1 heterocycles. The fraction of sp³-hybridized carbons (Fsp3) is 0.164. The zero-order valence-corrected chi connectivity index (χ0v) is 33.0. The molecule has 0 radical (unpaired) electrons. The van der Waals surface area contributed by atoms with E-state index in [2.05, 4.69) is 202 Å². The third-order valence-electron chi connectivity index (χ3n) is 13.2. The lowest BCUT2D eigenvalue weighted by Crippen LogP contribution is -2.27. The van der Waals surface area contributed by atoms with Gasteiger partial charge in [-0.3, -0.25) is 0 Å². The standard InChI is InChI=1S/C55H45NO/c1-53(2)34-55(48-20-9-8-19-46(48)53)35-54(3,4)47-32-31-41(33-49(47)55)56(39-27-23-37(24-28-39)43-17-11-14-36-13-5-6-15-42(36)43)40-29-25-38(26-30-40)44-18-12-22-51-52(44)45-16-7-10-21-50(45)57-51/h5-33H,34-35H2,1-4H3. The number of rotatable bonds is 5. The summed E-state index contributed by atoms with van der Waals surface area (Å²) in [5.74, 6) is 0. The lowest BCUT2D eigenvalue weighted by atomic mass is 9.72. The molecule has 0 aliphatic heterocycles. The first-order chi connectivity index (χ1) is 27.7. The Morgan fingerprint density at radius 1 is 0.421 bits per heavy atom. The van der Waals surface area contributed by atoms with Gasteiger partial charge in [0.2, 0.25) is 0 Å². The maximum atomic E-state index is 6.27. The summed E-state index contributed by atoms with van der Waals surface area (Å²) in [7, 11) is 0. The molecular weight excluding hydrogens is 691 g/mol. The monoisotopic (exact) mass is 735 g/mol. The van der Waals surface area contributed by atoms with Gasteiger partial charge in [-0.05, 0) is 127 Å². The van der Waals surface area contributed by atoms with Crippen molar-refractivity contribution in [2.45, 2.75) is 56.8 Å². The summed E-state index contributed by atoms with van der Waals surface area (Å²) in [6.07, 6.45) is 2.23. The number of hydrogen-bond donors (Lipinski definition) is 0. The van der Waals surface area contributed by atoms with Crippen LogP contribution in [0.3, 0.4) is 0 Å². The SMILES string of the molecule is CC1(C)CC2(CC(C)(C)c3ccc(N(c4ccc(-c5cccc6ccccc56)cc4)c4ccc(-c5cccc6oc7ccccc7c56)cc4)cc32)c2ccccc21. The second-order valence-corrected chi connectivity index (χ2v) is 17.7. The van der Waals surface area contributed by atoms with Gasteiger partial charge in [-0.25, -0.2) is 0 Å². The van der Waals surface area contributed by atoms with Crippen molar-refractivity contribution in [2.24, 2.45) is 0 Å². The molecule has 0 fully saturated rings. The fourth-order valence-electron chi connectivity index (χ4n) is 11.0. The molecule has 1 unspecified atom stereocenters. The Bertz CT molecular complexity index is 3010. The number of furan rings is 1. The normalized spacial score (nSPS) is 17.7. The summed E-state index contributed by atoms with van der Waals surface area (Å²) in [4.78, 5) is 2.45. The van der Waals surface area contributed by atoms with Gasteiger partial charge in [-0.2, -0.15) is 0 Å². The van der Waals surface area contributed by atoms with E-state index in [0.29, 0.717) is 0 Å². The van der Waals surface area contributed by atoms with Gasteiger partial charge < -0.3 is 9.32 Å². The van der Waals surface area contributed by atoms with E-state index in [1.807, 2.05) is 6.07 Å². The lowest BCUT2D eigenvalue weighted by Gasteiger charge is -2.32. The highest BCUT2D eigenvalue weighted by molar-refractivity contribution is 6.12. The fourth-order valence-corrected chi connectivity index (χ4v) is 11.0. The van der Waals surface area contributed by atoms with Gasteiger partial charge in [-0.1, -0.05) is 155 Å². The first-order valence-corrected chi connectivity index (χ1v) is 20.3. The third kappa shape index (κ3) is 5.16. The first-order valence-electron chi connectivity index (χ1n) is 20.3. The van der Waals surface area contributed by atoms with Crippen LogP contribution in [-0.4, -0.2) is 0 Å². The summed E-state index contributed by atoms with van der Waals surface area (Å²) in [6, 6.07) is 64.9. The van der Waals surface area contributed by atoms with Crippen LogP contribution in [0.15, 0.2) is 180 Å². The van der Waals surface area contributed by atoms with Crippen LogP contribution in [0.4, 0.5) is 17.1 Å². The van der Waals surface area contributed by atoms with Crippen LogP contribution in [0.1, 0.15) is 62.8 Å². The number of anilines is 3. The molecule has 1 spiro atoms. The Morgan fingerprint density at radius 2 is 0.947 bits per heavy atom. The van der Waals surface area contributed by atoms with Gasteiger partial charge in [-0.15, -0.1) is 0 Å². The predicted octanol–water partition coefficient (Wildman–Crippen LogP) is 15.2. The van der Waals surface area contributed by atoms with E-state index < -0.39 is 0 Å². The van der Waals surface area contributed by atoms with Crippen molar-refractivity contribution in [1.29, 1.82) is 0 Å². The Kier molecular flexibility index (Phi) is 7.32. The molecule has 2 nitrogen and oxygen atoms in total. The number of hydrogen-bond acceptors (Lipinski definition) is 2. The summed E-state index contributed by atoms with van der Waals surface area (Å²) < 4.78 is 6.27. The number of benzene rings is 8. The average Bonchev–Trinajstić information content (AvgIpc) is 3.81. The second kappa shape index (κ2) is 12.3. The Hall–Kier alpha value is -6.38. The molecule has 57 heavy (non-hydrogen) atoms. The molecule has 9 aromatic rings.